The first-order valence-electron chi connectivity index (χ1n) is 5.57. The number of carbonyl (C=O) groups excluding carboxylic acids is 1. The van der Waals surface area contributed by atoms with Crippen LogP contribution in [0, 0.1) is 0 Å². The van der Waals surface area contributed by atoms with E-state index in [0.717, 1.165) is 10.0 Å². The van der Waals surface area contributed by atoms with Crippen molar-refractivity contribution in [2.75, 3.05) is 7.11 Å². The van der Waals surface area contributed by atoms with Gasteiger partial charge in [0.2, 0.25) is 0 Å². The number of halogens is 2. The van der Waals surface area contributed by atoms with Gasteiger partial charge in [-0.05, 0) is 30.3 Å². The molecule has 0 aliphatic rings. The fraction of sp³-hybridized carbons (Fsp3) is 0.143. The maximum absolute atomic E-state index is 12.2. The first kappa shape index (κ1) is 14.0. The van der Waals surface area contributed by atoms with Crippen LogP contribution in [0.4, 0.5) is 0 Å². The van der Waals surface area contributed by atoms with Crippen LogP contribution in [0.2, 0.25) is 5.15 Å². The lowest BCUT2D eigenvalue weighted by atomic mass is 10.0. The number of pyridine rings is 1. The smallest absolute Gasteiger partial charge is 0.168 e. The molecule has 0 saturated heterocycles. The quantitative estimate of drug-likeness (QED) is 0.625. The lowest BCUT2D eigenvalue weighted by Gasteiger charge is -2.08. The fourth-order valence-electron chi connectivity index (χ4n) is 1.70. The highest BCUT2D eigenvalue weighted by atomic mass is 79.9. The Hall–Kier alpha value is -1.39. The number of carbonyl (C=O) groups is 1. The molecule has 1 heterocycles. The van der Waals surface area contributed by atoms with Gasteiger partial charge in [0.15, 0.2) is 5.78 Å². The van der Waals surface area contributed by atoms with Crippen molar-refractivity contribution in [2.45, 2.75) is 6.42 Å². The van der Waals surface area contributed by atoms with E-state index >= 15 is 0 Å². The second kappa shape index (κ2) is 6.17. The molecule has 2 aromatic rings. The molecule has 2 rings (SSSR count). The first-order chi connectivity index (χ1) is 9.10. The summed E-state index contributed by atoms with van der Waals surface area (Å²) in [5.41, 5.74) is 1.36. The number of ether oxygens (including phenoxy) is 1. The van der Waals surface area contributed by atoms with Gasteiger partial charge in [0.1, 0.15) is 10.9 Å². The number of nitrogens with zero attached hydrogens (tertiary/aromatic N) is 1. The molecule has 0 saturated carbocycles. The zero-order valence-electron chi connectivity index (χ0n) is 10.2. The van der Waals surface area contributed by atoms with Gasteiger partial charge >= 0.3 is 0 Å². The molecule has 19 heavy (non-hydrogen) atoms. The summed E-state index contributed by atoms with van der Waals surface area (Å²) in [6.45, 7) is 0. The van der Waals surface area contributed by atoms with Crippen LogP contribution in [0.25, 0.3) is 0 Å². The third-order valence-corrected chi connectivity index (χ3v) is 3.36. The second-order valence-corrected chi connectivity index (χ2v) is 5.23. The van der Waals surface area contributed by atoms with Gasteiger partial charge in [0, 0.05) is 28.2 Å². The van der Waals surface area contributed by atoms with Crippen molar-refractivity contribution in [1.82, 2.24) is 4.98 Å². The van der Waals surface area contributed by atoms with Gasteiger partial charge in [-0.2, -0.15) is 0 Å². The number of Topliss-reactive ketones (excluding diaryl/α,β-unsaturated/α-hetero) is 1. The van der Waals surface area contributed by atoms with Gasteiger partial charge in [-0.25, -0.2) is 4.98 Å². The second-order valence-electron chi connectivity index (χ2n) is 3.93. The first-order valence-corrected chi connectivity index (χ1v) is 6.74. The Morgan fingerprint density at radius 3 is 2.79 bits per heavy atom. The molecular weight excluding hydrogens is 330 g/mol. The van der Waals surface area contributed by atoms with Gasteiger partial charge in [0.25, 0.3) is 0 Å². The third kappa shape index (κ3) is 3.55. The zero-order valence-corrected chi connectivity index (χ0v) is 12.5. The maximum atomic E-state index is 12.2. The van der Waals surface area contributed by atoms with Crippen molar-refractivity contribution in [2.24, 2.45) is 0 Å². The lowest BCUT2D eigenvalue weighted by molar-refractivity contribution is 0.0991. The molecule has 1 aromatic carbocycles. The molecule has 0 radical (unpaired) electrons. The summed E-state index contributed by atoms with van der Waals surface area (Å²) in [4.78, 5) is 16.1. The standard InChI is InChI=1S/C14H11BrClNO2/c1-19-13-4-3-11(15)6-10(13)7-12(18)9-2-5-14(16)17-8-9/h2-6,8H,7H2,1H3. The average Bonchev–Trinajstić information content (AvgIpc) is 2.39. The highest BCUT2D eigenvalue weighted by Crippen LogP contribution is 2.24. The van der Waals surface area contributed by atoms with E-state index in [-0.39, 0.29) is 12.2 Å². The van der Waals surface area contributed by atoms with E-state index in [1.807, 2.05) is 18.2 Å². The minimum Gasteiger partial charge on any atom is -0.496 e. The van der Waals surface area contributed by atoms with Crippen LogP contribution in [0.1, 0.15) is 15.9 Å². The van der Waals surface area contributed by atoms with Crippen molar-refractivity contribution in [3.8, 4) is 5.75 Å². The van der Waals surface area contributed by atoms with Gasteiger partial charge in [-0.1, -0.05) is 27.5 Å². The van der Waals surface area contributed by atoms with Crippen LogP contribution in [0.5, 0.6) is 5.75 Å². The van der Waals surface area contributed by atoms with E-state index in [2.05, 4.69) is 20.9 Å². The molecule has 5 heteroatoms. The summed E-state index contributed by atoms with van der Waals surface area (Å²) in [6.07, 6.45) is 1.74. The average molecular weight is 341 g/mol. The SMILES string of the molecule is COc1ccc(Br)cc1CC(=O)c1ccc(Cl)nc1. The monoisotopic (exact) mass is 339 g/mol. The molecule has 1 aromatic heterocycles. The van der Waals surface area contributed by atoms with E-state index in [9.17, 15) is 4.79 Å². The van der Waals surface area contributed by atoms with Gasteiger partial charge in [-0.15, -0.1) is 0 Å². The molecule has 0 amide bonds. The van der Waals surface area contributed by atoms with Crippen molar-refractivity contribution < 1.29 is 9.53 Å². The minimum absolute atomic E-state index is 0.0273. The Kier molecular flexibility index (Phi) is 4.56. The van der Waals surface area contributed by atoms with E-state index in [0.29, 0.717) is 16.5 Å². The molecule has 0 N–H and O–H groups in total. The van der Waals surface area contributed by atoms with Crippen LogP contribution in [0.3, 0.4) is 0 Å². The van der Waals surface area contributed by atoms with Gasteiger partial charge < -0.3 is 4.74 Å². The predicted octanol–water partition coefficient (Wildman–Crippen LogP) is 3.93. The summed E-state index contributed by atoms with van der Waals surface area (Å²) >= 11 is 9.08. The maximum Gasteiger partial charge on any atom is 0.168 e. The Morgan fingerprint density at radius 1 is 1.37 bits per heavy atom. The molecule has 3 nitrogen and oxygen atoms in total. The number of hydrogen-bond acceptors (Lipinski definition) is 3. The lowest BCUT2D eigenvalue weighted by Crippen LogP contribution is -2.05. The molecule has 0 unspecified atom stereocenters. The zero-order chi connectivity index (χ0) is 13.8. The molecule has 0 atom stereocenters. The van der Waals surface area contributed by atoms with E-state index < -0.39 is 0 Å². The summed E-state index contributed by atoms with van der Waals surface area (Å²) in [5, 5.41) is 0.372. The Morgan fingerprint density at radius 2 is 2.16 bits per heavy atom. The number of benzene rings is 1. The number of methoxy groups -OCH3 is 1. The molecule has 0 spiro atoms. The van der Waals surface area contributed by atoms with E-state index in [4.69, 9.17) is 16.3 Å². The predicted molar refractivity (Wildman–Crippen MR) is 78.0 cm³/mol. The minimum atomic E-state index is -0.0273. The summed E-state index contributed by atoms with van der Waals surface area (Å²) in [5.74, 6) is 0.666. The topological polar surface area (TPSA) is 39.2 Å². The molecule has 98 valence electrons. The van der Waals surface area contributed by atoms with Crippen molar-refractivity contribution in [3.63, 3.8) is 0 Å². The highest BCUT2D eigenvalue weighted by Gasteiger charge is 2.11. The normalized spacial score (nSPS) is 10.3. The van der Waals surface area contributed by atoms with Gasteiger partial charge in [-0.3, -0.25) is 4.79 Å². The Labute approximate surface area is 124 Å². The summed E-state index contributed by atoms with van der Waals surface area (Å²) in [6, 6.07) is 8.85. The van der Waals surface area contributed by atoms with Crippen molar-refractivity contribution in [1.29, 1.82) is 0 Å². The Balaban J connectivity index is 2.23. The highest BCUT2D eigenvalue weighted by molar-refractivity contribution is 9.10. The summed E-state index contributed by atoms with van der Waals surface area (Å²) in [7, 11) is 1.58. The van der Waals surface area contributed by atoms with Crippen LogP contribution >= 0.6 is 27.5 Å². The number of hydrogen-bond donors (Lipinski definition) is 0. The fourth-order valence-corrected chi connectivity index (χ4v) is 2.22. The molecule has 0 bridgehead atoms. The largest absolute Gasteiger partial charge is 0.496 e. The molecule has 0 aliphatic carbocycles. The summed E-state index contributed by atoms with van der Waals surface area (Å²) < 4.78 is 6.15. The van der Waals surface area contributed by atoms with Crippen LogP contribution in [-0.2, 0) is 6.42 Å². The van der Waals surface area contributed by atoms with Gasteiger partial charge in [0.05, 0.1) is 7.11 Å². The van der Waals surface area contributed by atoms with Crippen LogP contribution in [0.15, 0.2) is 41.0 Å². The molecule has 0 fully saturated rings. The molecule has 0 aliphatic heterocycles. The van der Waals surface area contributed by atoms with E-state index in [1.54, 1.807) is 19.2 Å². The Bertz CT molecular complexity index is 599. The molecular formula is C14H11BrClNO2. The third-order valence-electron chi connectivity index (χ3n) is 2.64. The van der Waals surface area contributed by atoms with Crippen molar-refractivity contribution >= 4 is 33.3 Å². The van der Waals surface area contributed by atoms with Crippen LogP contribution < -0.4 is 4.74 Å². The number of ketones is 1. The van der Waals surface area contributed by atoms with Crippen LogP contribution in [-0.4, -0.2) is 17.9 Å². The van der Waals surface area contributed by atoms with Crippen molar-refractivity contribution in [3.05, 3.63) is 57.3 Å². The number of rotatable bonds is 4. The number of aromatic nitrogens is 1. The van der Waals surface area contributed by atoms with E-state index in [1.165, 1.54) is 6.20 Å².